The molecule has 0 saturated carbocycles. The van der Waals surface area contributed by atoms with Gasteiger partial charge in [0, 0.05) is 12.8 Å². The third-order valence-electron chi connectivity index (χ3n) is 15.8. The minimum atomic E-state index is -1.62. The normalized spacial score (nSPS) is 13.0. The number of unbranched alkanes of at least 4 members (excludes halogenated alkanes) is 41. The number of allylic oxidation sites excluding steroid dienone is 10. The van der Waals surface area contributed by atoms with Crippen molar-refractivity contribution >= 4 is 17.9 Å². The number of ether oxygens (including phenoxy) is 4. The molecule has 0 radical (unpaired) electrons. The van der Waals surface area contributed by atoms with Crippen molar-refractivity contribution in [1.29, 1.82) is 0 Å². The number of esters is 2. The average molecular weight is 1170 g/mol. The molecule has 0 aliphatic carbocycles. The summed E-state index contributed by atoms with van der Waals surface area (Å²) in [6.45, 7) is 4.70. The molecule has 0 aliphatic rings. The van der Waals surface area contributed by atoms with Crippen molar-refractivity contribution in [2.24, 2.45) is 0 Å². The molecule has 0 heterocycles. The number of hydrogen-bond acceptors (Lipinski definition) is 8. The van der Waals surface area contributed by atoms with Crippen LogP contribution in [-0.4, -0.2) is 82.3 Å². The molecule has 2 atom stereocenters. The Morgan fingerprint density at radius 2 is 0.687 bits per heavy atom. The molecule has 0 N–H and O–H groups in total. The molecular formula is C74H135NO8. The third-order valence-corrected chi connectivity index (χ3v) is 15.8. The van der Waals surface area contributed by atoms with Gasteiger partial charge in [-0.3, -0.25) is 9.59 Å². The van der Waals surface area contributed by atoms with E-state index in [0.29, 0.717) is 23.9 Å². The van der Waals surface area contributed by atoms with Crippen LogP contribution in [0.3, 0.4) is 0 Å². The average Bonchev–Trinajstić information content (AvgIpc) is 3.46. The highest BCUT2D eigenvalue weighted by atomic mass is 16.7. The Bertz CT molecular complexity index is 1550. The monoisotopic (exact) mass is 1170 g/mol. The Labute approximate surface area is 514 Å². The van der Waals surface area contributed by atoms with Gasteiger partial charge in [0.1, 0.15) is 13.2 Å². The molecule has 0 bridgehead atoms. The van der Waals surface area contributed by atoms with Crippen molar-refractivity contribution in [2.75, 3.05) is 47.5 Å². The minimum absolute atomic E-state index is 0.149. The first-order valence-corrected chi connectivity index (χ1v) is 35.4. The van der Waals surface area contributed by atoms with Gasteiger partial charge >= 0.3 is 11.9 Å². The zero-order valence-corrected chi connectivity index (χ0v) is 55.3. The molecule has 0 fully saturated rings. The Morgan fingerprint density at radius 3 is 1.02 bits per heavy atom. The molecule has 0 aliphatic heterocycles. The lowest BCUT2D eigenvalue weighted by atomic mass is 10.0. The van der Waals surface area contributed by atoms with Crippen LogP contribution in [-0.2, 0) is 33.3 Å². The zero-order valence-electron chi connectivity index (χ0n) is 55.3. The lowest BCUT2D eigenvalue weighted by Gasteiger charge is -2.26. The van der Waals surface area contributed by atoms with Crippen molar-refractivity contribution in [3.8, 4) is 0 Å². The number of carboxylic acid groups (broad SMARTS) is 1. The van der Waals surface area contributed by atoms with E-state index in [0.717, 1.165) is 64.2 Å². The largest absolute Gasteiger partial charge is 0.545 e. The summed E-state index contributed by atoms with van der Waals surface area (Å²) >= 11 is 0. The first-order chi connectivity index (χ1) is 40.6. The summed E-state index contributed by atoms with van der Waals surface area (Å²) in [5.74, 6) is -2.26. The third kappa shape index (κ3) is 66.4. The quantitative estimate of drug-likeness (QED) is 0.0195. The summed E-state index contributed by atoms with van der Waals surface area (Å²) in [5, 5.41) is 11.8. The van der Waals surface area contributed by atoms with E-state index in [1.54, 1.807) is 0 Å². The van der Waals surface area contributed by atoms with Crippen LogP contribution in [0.1, 0.15) is 335 Å². The van der Waals surface area contributed by atoms with Gasteiger partial charge in [-0.1, -0.05) is 325 Å². The molecule has 83 heavy (non-hydrogen) atoms. The van der Waals surface area contributed by atoms with Crippen LogP contribution in [0.15, 0.2) is 60.8 Å². The second-order valence-electron chi connectivity index (χ2n) is 25.2. The number of carbonyl (C=O) groups excluding carboxylic acids is 3. The predicted molar refractivity (Wildman–Crippen MR) is 352 cm³/mol. The first-order valence-electron chi connectivity index (χ1n) is 35.4. The van der Waals surface area contributed by atoms with E-state index >= 15 is 0 Å². The molecule has 2 unspecified atom stereocenters. The van der Waals surface area contributed by atoms with E-state index in [1.807, 2.05) is 21.1 Å². The Hall–Kier alpha value is -3.01. The number of nitrogens with zero attached hydrogens (tertiary/aromatic N) is 1. The summed E-state index contributed by atoms with van der Waals surface area (Å²) in [5.41, 5.74) is 0. The Kier molecular flexibility index (Phi) is 62.6. The topological polar surface area (TPSA) is 111 Å². The fraction of sp³-hybridized carbons (Fsp3) is 0.824. The van der Waals surface area contributed by atoms with E-state index in [1.165, 1.54) is 238 Å². The van der Waals surface area contributed by atoms with Crippen LogP contribution in [0.4, 0.5) is 0 Å². The zero-order chi connectivity index (χ0) is 60.5. The van der Waals surface area contributed by atoms with Crippen molar-refractivity contribution in [2.45, 2.75) is 347 Å². The SMILES string of the molecule is CC/C=C\C/C=C\C/C=C\C/C=C\C/C=C\CCCCCCCCCCCCCCCCCCCC(=O)OC(COC(=O)CCCCCCCCCCCCCCCCCCCCCCCCCCC)COC(OCC[N+](C)(C)C)C(=O)[O-]. The molecule has 484 valence electrons. The van der Waals surface area contributed by atoms with E-state index in [4.69, 9.17) is 18.9 Å². The summed E-state index contributed by atoms with van der Waals surface area (Å²) in [6.07, 6.45) is 81.6. The van der Waals surface area contributed by atoms with Gasteiger partial charge in [0.25, 0.3) is 0 Å². The van der Waals surface area contributed by atoms with Gasteiger partial charge in [-0.2, -0.15) is 0 Å². The van der Waals surface area contributed by atoms with Gasteiger partial charge in [0.2, 0.25) is 0 Å². The lowest BCUT2D eigenvalue weighted by Crippen LogP contribution is -2.44. The van der Waals surface area contributed by atoms with Gasteiger partial charge in [-0.15, -0.1) is 0 Å². The van der Waals surface area contributed by atoms with E-state index in [-0.39, 0.29) is 32.2 Å². The van der Waals surface area contributed by atoms with Gasteiger partial charge in [0.15, 0.2) is 12.4 Å². The Morgan fingerprint density at radius 1 is 0.373 bits per heavy atom. The number of hydrogen-bond donors (Lipinski definition) is 0. The van der Waals surface area contributed by atoms with Crippen LogP contribution in [0.5, 0.6) is 0 Å². The Balaban J connectivity index is 4.07. The molecule has 9 nitrogen and oxygen atoms in total. The standard InChI is InChI=1S/C74H135NO8/c1-6-8-10-12-14-16-18-20-22-24-26-28-30-32-33-34-35-36-37-38-39-41-43-45-47-49-51-53-55-57-59-61-63-65-72(77)83-70(69-82-74(73(78)79)80-67-66-75(3,4)5)68-81-71(76)64-62-60-58-56-54-52-50-48-46-44-42-40-31-29-27-25-23-21-19-17-15-13-11-9-7-2/h8,10,14,16,20,22,26,28,32-33,70,74H,6-7,9,11-13,15,17-19,21,23-25,27,29-31,34-69H2,1-5H3/b10-8-,16-14-,22-20-,28-26-,33-32-. The predicted octanol–water partition coefficient (Wildman–Crippen LogP) is 20.6. The first kappa shape index (κ1) is 80.0. The molecule has 0 aromatic rings. The van der Waals surface area contributed by atoms with Crippen molar-refractivity contribution in [1.82, 2.24) is 0 Å². The minimum Gasteiger partial charge on any atom is -0.545 e. The van der Waals surface area contributed by atoms with Crippen LogP contribution in [0.2, 0.25) is 0 Å². The lowest BCUT2D eigenvalue weighted by molar-refractivity contribution is -0.870. The van der Waals surface area contributed by atoms with Gasteiger partial charge < -0.3 is 33.3 Å². The summed E-state index contributed by atoms with van der Waals surface area (Å²) in [4.78, 5) is 37.5. The van der Waals surface area contributed by atoms with Crippen molar-refractivity contribution in [3.05, 3.63) is 60.8 Å². The number of carboxylic acids is 1. The summed E-state index contributed by atoms with van der Waals surface area (Å²) in [6, 6.07) is 0. The van der Waals surface area contributed by atoms with Crippen LogP contribution < -0.4 is 5.11 Å². The highest BCUT2D eigenvalue weighted by Crippen LogP contribution is 2.19. The molecule has 0 rings (SSSR count). The molecular weight excluding hydrogens is 1030 g/mol. The number of aliphatic carboxylic acids is 1. The number of quaternary nitrogens is 1. The van der Waals surface area contributed by atoms with Gasteiger partial charge in [-0.25, -0.2) is 0 Å². The molecule has 9 heteroatoms. The van der Waals surface area contributed by atoms with Crippen LogP contribution >= 0.6 is 0 Å². The molecule has 0 aromatic heterocycles. The van der Waals surface area contributed by atoms with E-state index in [2.05, 4.69) is 74.6 Å². The molecule has 0 aromatic carbocycles. The maximum Gasteiger partial charge on any atom is 0.306 e. The fourth-order valence-corrected chi connectivity index (χ4v) is 10.4. The highest BCUT2D eigenvalue weighted by Gasteiger charge is 2.22. The summed E-state index contributed by atoms with van der Waals surface area (Å²) < 4.78 is 22.8. The summed E-state index contributed by atoms with van der Waals surface area (Å²) in [7, 11) is 5.94. The van der Waals surface area contributed by atoms with Gasteiger partial charge in [0.05, 0.1) is 40.3 Å². The van der Waals surface area contributed by atoms with Crippen LogP contribution in [0, 0.1) is 0 Å². The van der Waals surface area contributed by atoms with E-state index in [9.17, 15) is 19.5 Å². The van der Waals surface area contributed by atoms with Crippen molar-refractivity contribution < 1.29 is 42.9 Å². The second-order valence-corrected chi connectivity index (χ2v) is 25.2. The van der Waals surface area contributed by atoms with E-state index < -0.39 is 24.3 Å². The smallest absolute Gasteiger partial charge is 0.306 e. The maximum atomic E-state index is 12.9. The maximum absolute atomic E-state index is 12.9. The molecule has 0 amide bonds. The molecule has 0 spiro atoms. The van der Waals surface area contributed by atoms with Crippen LogP contribution in [0.25, 0.3) is 0 Å². The van der Waals surface area contributed by atoms with Crippen molar-refractivity contribution in [3.63, 3.8) is 0 Å². The van der Waals surface area contributed by atoms with Gasteiger partial charge in [-0.05, 0) is 57.8 Å². The highest BCUT2D eigenvalue weighted by molar-refractivity contribution is 5.70. The second kappa shape index (κ2) is 65.0. The number of carbonyl (C=O) groups is 3. The number of likely N-dealkylation sites (N-methyl/N-ethyl adjacent to an activating group) is 1. The molecule has 0 saturated heterocycles. The number of rotatable bonds is 66. The fourth-order valence-electron chi connectivity index (χ4n) is 10.4.